The molecule has 1 aromatic carbocycles. The highest BCUT2D eigenvalue weighted by atomic mass is 14.7. The van der Waals surface area contributed by atoms with Gasteiger partial charge in [-0.25, -0.2) is 0 Å². The SMILES string of the molecule is C=CCC(C)(N)/C=C/c1ccccc1. The minimum absolute atomic E-state index is 0.294. The first-order valence-electron chi connectivity index (χ1n) is 4.78. The van der Waals surface area contributed by atoms with Gasteiger partial charge < -0.3 is 5.73 Å². The zero-order valence-electron chi connectivity index (χ0n) is 8.61. The Bertz CT molecular complexity index is 309. The first-order chi connectivity index (χ1) is 6.64. The van der Waals surface area contributed by atoms with Gasteiger partial charge >= 0.3 is 0 Å². The molecule has 1 atom stereocenters. The summed E-state index contributed by atoms with van der Waals surface area (Å²) in [6.45, 7) is 5.68. The summed E-state index contributed by atoms with van der Waals surface area (Å²) in [5.41, 5.74) is 6.90. The molecule has 74 valence electrons. The molecule has 0 saturated carbocycles. The summed E-state index contributed by atoms with van der Waals surface area (Å²) in [6, 6.07) is 10.1. The van der Waals surface area contributed by atoms with E-state index in [0.29, 0.717) is 0 Å². The van der Waals surface area contributed by atoms with Crippen molar-refractivity contribution in [2.24, 2.45) is 5.73 Å². The van der Waals surface area contributed by atoms with Gasteiger partial charge in [0.1, 0.15) is 0 Å². The predicted octanol–water partition coefficient (Wildman–Crippen LogP) is 2.99. The smallest absolute Gasteiger partial charge is 0.0348 e. The maximum Gasteiger partial charge on any atom is 0.0348 e. The van der Waals surface area contributed by atoms with Crippen LogP contribution < -0.4 is 5.73 Å². The molecule has 1 nitrogen and oxygen atoms in total. The van der Waals surface area contributed by atoms with E-state index < -0.39 is 0 Å². The van der Waals surface area contributed by atoms with E-state index in [1.54, 1.807) is 0 Å². The third-order valence-corrected chi connectivity index (χ3v) is 2.04. The summed E-state index contributed by atoms with van der Waals surface area (Å²) in [4.78, 5) is 0. The summed E-state index contributed by atoms with van der Waals surface area (Å²) in [7, 11) is 0. The Labute approximate surface area is 85.9 Å². The minimum atomic E-state index is -0.294. The molecule has 0 heterocycles. The lowest BCUT2D eigenvalue weighted by molar-refractivity contribution is 0.598. The highest BCUT2D eigenvalue weighted by molar-refractivity contribution is 5.50. The fourth-order valence-corrected chi connectivity index (χ4v) is 1.23. The molecule has 0 amide bonds. The second-order valence-electron chi connectivity index (χ2n) is 3.74. The molecule has 0 radical (unpaired) electrons. The Balaban J connectivity index is 2.68. The summed E-state index contributed by atoms with van der Waals surface area (Å²) in [5.74, 6) is 0. The van der Waals surface area contributed by atoms with Crippen molar-refractivity contribution < 1.29 is 0 Å². The molecular formula is C13H17N. The molecule has 14 heavy (non-hydrogen) atoms. The molecule has 0 saturated heterocycles. The maximum absolute atomic E-state index is 6.02. The lowest BCUT2D eigenvalue weighted by Crippen LogP contribution is -2.32. The van der Waals surface area contributed by atoms with E-state index >= 15 is 0 Å². The van der Waals surface area contributed by atoms with Crippen LogP contribution in [0.15, 0.2) is 49.1 Å². The van der Waals surface area contributed by atoms with Crippen molar-refractivity contribution in [3.8, 4) is 0 Å². The van der Waals surface area contributed by atoms with Gasteiger partial charge in [0, 0.05) is 5.54 Å². The van der Waals surface area contributed by atoms with Crippen LogP contribution >= 0.6 is 0 Å². The molecule has 0 spiro atoms. The molecule has 0 aliphatic carbocycles. The van der Waals surface area contributed by atoms with Gasteiger partial charge in [0.2, 0.25) is 0 Å². The number of hydrogen-bond donors (Lipinski definition) is 1. The number of rotatable bonds is 4. The second kappa shape index (κ2) is 4.77. The fraction of sp³-hybridized carbons (Fsp3) is 0.231. The molecular weight excluding hydrogens is 170 g/mol. The minimum Gasteiger partial charge on any atom is -0.322 e. The predicted molar refractivity (Wildman–Crippen MR) is 62.9 cm³/mol. The first kappa shape index (κ1) is 10.7. The van der Waals surface area contributed by atoms with E-state index in [0.717, 1.165) is 6.42 Å². The van der Waals surface area contributed by atoms with Gasteiger partial charge in [-0.2, -0.15) is 0 Å². The van der Waals surface area contributed by atoms with Crippen LogP contribution in [-0.4, -0.2) is 5.54 Å². The normalized spacial score (nSPS) is 15.3. The summed E-state index contributed by atoms with van der Waals surface area (Å²) < 4.78 is 0. The van der Waals surface area contributed by atoms with E-state index in [1.807, 2.05) is 43.4 Å². The Morgan fingerprint density at radius 1 is 1.36 bits per heavy atom. The maximum atomic E-state index is 6.02. The van der Waals surface area contributed by atoms with Crippen molar-refractivity contribution in [3.05, 3.63) is 54.6 Å². The van der Waals surface area contributed by atoms with Crippen LogP contribution in [-0.2, 0) is 0 Å². The van der Waals surface area contributed by atoms with Crippen molar-refractivity contribution in [1.82, 2.24) is 0 Å². The third-order valence-electron chi connectivity index (χ3n) is 2.04. The first-order valence-corrected chi connectivity index (χ1v) is 4.78. The lowest BCUT2D eigenvalue weighted by Gasteiger charge is -2.17. The molecule has 0 aromatic heterocycles. The van der Waals surface area contributed by atoms with Crippen LogP contribution in [0, 0.1) is 0 Å². The van der Waals surface area contributed by atoms with Crippen molar-refractivity contribution in [2.75, 3.05) is 0 Å². The number of benzene rings is 1. The van der Waals surface area contributed by atoms with Gasteiger partial charge in [-0.05, 0) is 18.9 Å². The van der Waals surface area contributed by atoms with Gasteiger partial charge in [0.25, 0.3) is 0 Å². The van der Waals surface area contributed by atoms with Crippen molar-refractivity contribution in [2.45, 2.75) is 18.9 Å². The van der Waals surface area contributed by atoms with Crippen molar-refractivity contribution in [3.63, 3.8) is 0 Å². The fourth-order valence-electron chi connectivity index (χ4n) is 1.23. The Hall–Kier alpha value is -1.34. The van der Waals surface area contributed by atoms with E-state index in [2.05, 4.69) is 18.7 Å². The highest BCUT2D eigenvalue weighted by Gasteiger charge is 2.10. The van der Waals surface area contributed by atoms with Crippen LogP contribution in [0.4, 0.5) is 0 Å². The van der Waals surface area contributed by atoms with Crippen molar-refractivity contribution in [1.29, 1.82) is 0 Å². The molecule has 0 aliphatic rings. The van der Waals surface area contributed by atoms with Crippen LogP contribution in [0.1, 0.15) is 18.9 Å². The van der Waals surface area contributed by atoms with E-state index in [1.165, 1.54) is 5.56 Å². The number of hydrogen-bond acceptors (Lipinski definition) is 1. The summed E-state index contributed by atoms with van der Waals surface area (Å²) in [6.07, 6.45) is 6.69. The zero-order chi connectivity index (χ0) is 10.4. The van der Waals surface area contributed by atoms with Gasteiger partial charge in [-0.15, -0.1) is 6.58 Å². The molecule has 1 unspecified atom stereocenters. The van der Waals surface area contributed by atoms with Gasteiger partial charge in [-0.1, -0.05) is 48.6 Å². The van der Waals surface area contributed by atoms with Crippen molar-refractivity contribution >= 4 is 6.08 Å². The molecule has 1 heteroatoms. The molecule has 0 aliphatic heterocycles. The molecule has 1 rings (SSSR count). The van der Waals surface area contributed by atoms with E-state index in [4.69, 9.17) is 5.73 Å². The molecule has 2 N–H and O–H groups in total. The van der Waals surface area contributed by atoms with E-state index in [9.17, 15) is 0 Å². The second-order valence-corrected chi connectivity index (χ2v) is 3.74. The largest absolute Gasteiger partial charge is 0.322 e. The van der Waals surface area contributed by atoms with Gasteiger partial charge in [0.05, 0.1) is 0 Å². The summed E-state index contributed by atoms with van der Waals surface area (Å²) in [5, 5.41) is 0. The van der Waals surface area contributed by atoms with Gasteiger partial charge in [0.15, 0.2) is 0 Å². The van der Waals surface area contributed by atoms with Crippen LogP contribution in [0.25, 0.3) is 6.08 Å². The average Bonchev–Trinajstić information content (AvgIpc) is 2.17. The van der Waals surface area contributed by atoms with Gasteiger partial charge in [-0.3, -0.25) is 0 Å². The highest BCUT2D eigenvalue weighted by Crippen LogP contribution is 2.11. The zero-order valence-corrected chi connectivity index (χ0v) is 8.61. The monoisotopic (exact) mass is 187 g/mol. The Kier molecular flexibility index (Phi) is 3.66. The van der Waals surface area contributed by atoms with Crippen LogP contribution in [0.3, 0.4) is 0 Å². The van der Waals surface area contributed by atoms with Crippen LogP contribution in [0.2, 0.25) is 0 Å². The standard InChI is InChI=1S/C13H17N/c1-3-10-13(2,14)11-9-12-7-5-4-6-8-12/h3-9,11H,1,10,14H2,2H3/b11-9+. The van der Waals surface area contributed by atoms with E-state index in [-0.39, 0.29) is 5.54 Å². The third kappa shape index (κ3) is 3.58. The lowest BCUT2D eigenvalue weighted by atomic mass is 9.98. The molecule has 0 fully saturated rings. The number of nitrogens with two attached hydrogens (primary N) is 1. The Morgan fingerprint density at radius 2 is 2.00 bits per heavy atom. The molecule has 1 aromatic rings. The summed E-state index contributed by atoms with van der Waals surface area (Å²) >= 11 is 0. The topological polar surface area (TPSA) is 26.0 Å². The Morgan fingerprint density at radius 3 is 2.57 bits per heavy atom. The average molecular weight is 187 g/mol. The van der Waals surface area contributed by atoms with Crippen LogP contribution in [0.5, 0.6) is 0 Å². The quantitative estimate of drug-likeness (QED) is 0.720. The molecule has 0 bridgehead atoms.